The molecule has 17 heavy (non-hydrogen) atoms. The molecule has 2 aliphatic heterocycles. The summed E-state index contributed by atoms with van der Waals surface area (Å²) in [6.07, 6.45) is 3.89. The molecule has 2 aliphatic rings. The molecule has 3 heteroatoms. The van der Waals surface area contributed by atoms with Crippen LogP contribution in [0, 0.1) is 5.92 Å². The summed E-state index contributed by atoms with van der Waals surface area (Å²) in [5.41, 5.74) is -0.00159. The lowest BCUT2D eigenvalue weighted by atomic mass is 9.89. The van der Waals surface area contributed by atoms with Crippen molar-refractivity contribution in [3.63, 3.8) is 0 Å². The van der Waals surface area contributed by atoms with Crippen LogP contribution in [0.4, 0.5) is 0 Å². The van der Waals surface area contributed by atoms with Gasteiger partial charge in [-0.05, 0) is 59.0 Å². The smallest absolute Gasteiger partial charge is 0.0637 e. The number of rotatable bonds is 4. The number of nitrogens with zero attached hydrogens (tertiary/aromatic N) is 1. The van der Waals surface area contributed by atoms with Crippen LogP contribution in [-0.4, -0.2) is 49.3 Å². The van der Waals surface area contributed by atoms with Gasteiger partial charge in [-0.25, -0.2) is 0 Å². The zero-order chi connectivity index (χ0) is 12.5. The third-order valence-corrected chi connectivity index (χ3v) is 4.63. The summed E-state index contributed by atoms with van der Waals surface area (Å²) in [6, 6.07) is 1.39. The van der Waals surface area contributed by atoms with Gasteiger partial charge in [0.25, 0.3) is 0 Å². The standard InChI is InChI=1S/C14H28N2O/c1-11(8-14(2,3)17-4)16-7-5-6-12-9-15-10-13(12)16/h11-13,15H,5-10H2,1-4H3. The Balaban J connectivity index is 1.96. The highest BCUT2D eigenvalue weighted by atomic mass is 16.5. The molecular formula is C14H28N2O. The molecule has 0 aliphatic carbocycles. The maximum Gasteiger partial charge on any atom is 0.0637 e. The van der Waals surface area contributed by atoms with Crippen LogP contribution >= 0.6 is 0 Å². The summed E-state index contributed by atoms with van der Waals surface area (Å²) in [6.45, 7) is 10.4. The molecule has 100 valence electrons. The van der Waals surface area contributed by atoms with Crippen molar-refractivity contribution in [1.82, 2.24) is 10.2 Å². The minimum atomic E-state index is -0.00159. The second kappa shape index (κ2) is 5.25. The Labute approximate surface area is 106 Å². The summed E-state index contributed by atoms with van der Waals surface area (Å²) < 4.78 is 5.57. The monoisotopic (exact) mass is 240 g/mol. The van der Waals surface area contributed by atoms with Crippen molar-refractivity contribution >= 4 is 0 Å². The van der Waals surface area contributed by atoms with E-state index in [1.165, 1.54) is 32.5 Å². The van der Waals surface area contributed by atoms with Crippen molar-refractivity contribution in [1.29, 1.82) is 0 Å². The van der Waals surface area contributed by atoms with Crippen LogP contribution in [-0.2, 0) is 4.74 Å². The second-order valence-corrected chi connectivity index (χ2v) is 6.38. The SMILES string of the molecule is COC(C)(C)CC(C)N1CCCC2CNCC21. The van der Waals surface area contributed by atoms with Gasteiger partial charge in [0.15, 0.2) is 0 Å². The molecule has 3 unspecified atom stereocenters. The predicted molar refractivity (Wildman–Crippen MR) is 71.3 cm³/mol. The lowest BCUT2D eigenvalue weighted by Gasteiger charge is -2.43. The number of fused-ring (bicyclic) bond motifs is 1. The molecule has 3 atom stereocenters. The molecule has 0 spiro atoms. The van der Waals surface area contributed by atoms with E-state index in [9.17, 15) is 0 Å². The van der Waals surface area contributed by atoms with Crippen LogP contribution in [0.25, 0.3) is 0 Å². The first-order chi connectivity index (χ1) is 8.03. The zero-order valence-electron chi connectivity index (χ0n) is 11.8. The fourth-order valence-corrected chi connectivity index (χ4v) is 3.56. The molecule has 2 fully saturated rings. The van der Waals surface area contributed by atoms with Crippen molar-refractivity contribution in [2.24, 2.45) is 5.92 Å². The Bertz CT molecular complexity index is 255. The van der Waals surface area contributed by atoms with Gasteiger partial charge >= 0.3 is 0 Å². The molecule has 0 bridgehead atoms. The summed E-state index contributed by atoms with van der Waals surface area (Å²) in [7, 11) is 1.82. The van der Waals surface area contributed by atoms with Gasteiger partial charge in [-0.2, -0.15) is 0 Å². The van der Waals surface area contributed by atoms with E-state index in [4.69, 9.17) is 4.74 Å². The number of ether oxygens (including phenoxy) is 1. The highest BCUT2D eigenvalue weighted by molar-refractivity contribution is 4.94. The van der Waals surface area contributed by atoms with E-state index >= 15 is 0 Å². The van der Waals surface area contributed by atoms with Gasteiger partial charge in [0.1, 0.15) is 0 Å². The number of hydrogen-bond acceptors (Lipinski definition) is 3. The fraction of sp³-hybridized carbons (Fsp3) is 1.00. The Kier molecular flexibility index (Phi) is 4.11. The second-order valence-electron chi connectivity index (χ2n) is 6.38. The third-order valence-electron chi connectivity index (χ3n) is 4.63. The van der Waals surface area contributed by atoms with Gasteiger partial charge in [-0.3, -0.25) is 4.90 Å². The molecule has 1 N–H and O–H groups in total. The van der Waals surface area contributed by atoms with Crippen molar-refractivity contribution in [3.05, 3.63) is 0 Å². The first-order valence-electron chi connectivity index (χ1n) is 7.05. The average Bonchev–Trinajstić information content (AvgIpc) is 2.76. The van der Waals surface area contributed by atoms with E-state index in [1.807, 2.05) is 7.11 Å². The minimum absolute atomic E-state index is 0.00159. The zero-order valence-corrected chi connectivity index (χ0v) is 11.8. The molecule has 0 aromatic rings. The van der Waals surface area contributed by atoms with Crippen molar-refractivity contribution in [2.75, 3.05) is 26.7 Å². The van der Waals surface area contributed by atoms with Crippen LogP contribution in [0.3, 0.4) is 0 Å². The molecule has 3 nitrogen and oxygen atoms in total. The maximum absolute atomic E-state index is 5.57. The number of nitrogens with one attached hydrogen (secondary N) is 1. The largest absolute Gasteiger partial charge is 0.379 e. The predicted octanol–water partition coefficient (Wildman–Crippen LogP) is 1.87. The first-order valence-corrected chi connectivity index (χ1v) is 7.05. The van der Waals surface area contributed by atoms with Crippen molar-refractivity contribution in [2.45, 2.75) is 57.7 Å². The molecule has 0 radical (unpaired) electrons. The van der Waals surface area contributed by atoms with E-state index in [0.717, 1.165) is 18.4 Å². The lowest BCUT2D eigenvalue weighted by molar-refractivity contribution is -0.0199. The maximum atomic E-state index is 5.57. The molecule has 0 saturated carbocycles. The Hall–Kier alpha value is -0.120. The fourth-order valence-electron chi connectivity index (χ4n) is 3.56. The highest BCUT2D eigenvalue weighted by Gasteiger charge is 2.38. The Morgan fingerprint density at radius 1 is 1.41 bits per heavy atom. The summed E-state index contributed by atoms with van der Waals surface area (Å²) in [4.78, 5) is 2.72. The molecule has 2 rings (SSSR count). The summed E-state index contributed by atoms with van der Waals surface area (Å²) >= 11 is 0. The van der Waals surface area contributed by atoms with Gasteiger partial charge in [0, 0.05) is 25.7 Å². The number of methoxy groups -OCH3 is 1. The van der Waals surface area contributed by atoms with Gasteiger partial charge in [0.2, 0.25) is 0 Å². The van der Waals surface area contributed by atoms with Crippen LogP contribution in [0.5, 0.6) is 0 Å². The number of hydrogen-bond donors (Lipinski definition) is 1. The summed E-state index contributed by atoms with van der Waals surface area (Å²) in [5, 5.41) is 3.55. The van der Waals surface area contributed by atoms with Crippen molar-refractivity contribution in [3.8, 4) is 0 Å². The lowest BCUT2D eigenvalue weighted by Crippen LogP contribution is -2.51. The van der Waals surface area contributed by atoms with Gasteiger partial charge < -0.3 is 10.1 Å². The highest BCUT2D eigenvalue weighted by Crippen LogP contribution is 2.30. The number of piperidine rings is 1. The average molecular weight is 240 g/mol. The van der Waals surface area contributed by atoms with E-state index < -0.39 is 0 Å². The molecular weight excluding hydrogens is 212 g/mol. The van der Waals surface area contributed by atoms with Crippen LogP contribution in [0.1, 0.15) is 40.0 Å². The topological polar surface area (TPSA) is 24.5 Å². The van der Waals surface area contributed by atoms with Crippen molar-refractivity contribution < 1.29 is 4.74 Å². The van der Waals surface area contributed by atoms with Gasteiger partial charge in [0.05, 0.1) is 5.60 Å². The van der Waals surface area contributed by atoms with Crippen LogP contribution < -0.4 is 5.32 Å². The van der Waals surface area contributed by atoms with E-state index in [2.05, 4.69) is 31.0 Å². The van der Waals surface area contributed by atoms with Crippen LogP contribution in [0.15, 0.2) is 0 Å². The summed E-state index contributed by atoms with van der Waals surface area (Å²) in [5.74, 6) is 0.886. The first kappa shape index (κ1) is 13.3. The number of likely N-dealkylation sites (tertiary alicyclic amines) is 1. The Morgan fingerprint density at radius 2 is 2.18 bits per heavy atom. The Morgan fingerprint density at radius 3 is 2.88 bits per heavy atom. The van der Waals surface area contributed by atoms with E-state index in [1.54, 1.807) is 0 Å². The van der Waals surface area contributed by atoms with Gasteiger partial charge in [-0.1, -0.05) is 0 Å². The molecule has 2 heterocycles. The molecule has 0 aromatic heterocycles. The normalized spacial score (nSPS) is 32.5. The van der Waals surface area contributed by atoms with E-state index in [0.29, 0.717) is 6.04 Å². The molecule has 2 saturated heterocycles. The van der Waals surface area contributed by atoms with E-state index in [-0.39, 0.29) is 5.60 Å². The van der Waals surface area contributed by atoms with Gasteiger partial charge in [-0.15, -0.1) is 0 Å². The quantitative estimate of drug-likeness (QED) is 0.812. The molecule has 0 aromatic carbocycles. The third kappa shape index (κ3) is 3.01. The minimum Gasteiger partial charge on any atom is -0.379 e. The van der Waals surface area contributed by atoms with Crippen LogP contribution in [0.2, 0.25) is 0 Å². The molecule has 0 amide bonds.